The van der Waals surface area contributed by atoms with Gasteiger partial charge >= 0.3 is 0 Å². The van der Waals surface area contributed by atoms with Crippen LogP contribution in [0.25, 0.3) is 0 Å². The Balaban J connectivity index is 1.82. The van der Waals surface area contributed by atoms with Crippen molar-refractivity contribution >= 4 is 29.2 Å². The number of hydrogen-bond donors (Lipinski definition) is 2. The summed E-state index contributed by atoms with van der Waals surface area (Å²) in [6.45, 7) is 1.39. The molecule has 2 N–H and O–H groups in total. The summed E-state index contributed by atoms with van der Waals surface area (Å²) < 4.78 is 5.44. The molecule has 0 aromatic heterocycles. The van der Waals surface area contributed by atoms with Crippen LogP contribution < -0.4 is 15.8 Å². The Morgan fingerprint density at radius 1 is 1.59 bits per heavy atom. The zero-order valence-electron chi connectivity index (χ0n) is 11.7. The van der Waals surface area contributed by atoms with E-state index >= 15 is 0 Å². The Kier molecular flexibility index (Phi) is 5.61. The van der Waals surface area contributed by atoms with Crippen molar-refractivity contribution in [2.24, 2.45) is 5.10 Å². The smallest absolute Gasteiger partial charge is 0.262 e. The number of nitrogens with zero attached hydrogens (tertiary/aromatic N) is 2. The van der Waals surface area contributed by atoms with E-state index < -0.39 is 16.4 Å². The minimum absolute atomic E-state index is 0.163. The van der Waals surface area contributed by atoms with Crippen LogP contribution in [0.4, 0.5) is 5.69 Å². The molecule has 0 saturated carbocycles. The SMILES string of the molecule is O=[N+]([O-])c1cc(/C=N\NC(=S)NC[C@H]2CCCO2)ccc1[O-]. The highest BCUT2D eigenvalue weighted by Crippen LogP contribution is 2.22. The van der Waals surface area contributed by atoms with Crippen molar-refractivity contribution in [3.8, 4) is 5.75 Å². The topological polar surface area (TPSA) is 112 Å². The first-order valence-electron chi connectivity index (χ1n) is 6.70. The van der Waals surface area contributed by atoms with Crippen LogP contribution in [0.2, 0.25) is 0 Å². The molecule has 22 heavy (non-hydrogen) atoms. The molecular formula is C13H15N4O4S-. The van der Waals surface area contributed by atoms with Gasteiger partial charge in [-0.25, -0.2) is 0 Å². The number of rotatable bonds is 5. The fourth-order valence-corrected chi connectivity index (χ4v) is 2.11. The third-order valence-corrected chi connectivity index (χ3v) is 3.31. The van der Waals surface area contributed by atoms with Crippen LogP contribution in [-0.4, -0.2) is 35.5 Å². The summed E-state index contributed by atoms with van der Waals surface area (Å²) in [7, 11) is 0. The van der Waals surface area contributed by atoms with Crippen molar-refractivity contribution in [1.82, 2.24) is 10.7 Å². The van der Waals surface area contributed by atoms with Gasteiger partial charge in [-0.3, -0.25) is 15.5 Å². The van der Waals surface area contributed by atoms with Gasteiger partial charge in [-0.2, -0.15) is 5.10 Å². The number of hydrogen-bond acceptors (Lipinski definition) is 6. The summed E-state index contributed by atoms with van der Waals surface area (Å²) in [5, 5.41) is 29.1. The van der Waals surface area contributed by atoms with E-state index in [2.05, 4.69) is 15.8 Å². The number of nitro groups is 1. The number of hydrazone groups is 1. The molecule has 0 unspecified atom stereocenters. The predicted octanol–water partition coefficient (Wildman–Crippen LogP) is 0.645. The van der Waals surface area contributed by atoms with Gasteiger partial charge in [0.2, 0.25) is 0 Å². The minimum Gasteiger partial charge on any atom is -0.868 e. The lowest BCUT2D eigenvalue weighted by molar-refractivity contribution is -0.398. The van der Waals surface area contributed by atoms with E-state index in [-0.39, 0.29) is 6.10 Å². The van der Waals surface area contributed by atoms with Crippen molar-refractivity contribution < 1.29 is 14.8 Å². The summed E-state index contributed by atoms with van der Waals surface area (Å²) in [6, 6.07) is 3.74. The van der Waals surface area contributed by atoms with Gasteiger partial charge in [-0.1, -0.05) is 12.1 Å². The zero-order valence-corrected chi connectivity index (χ0v) is 12.5. The van der Waals surface area contributed by atoms with Gasteiger partial charge in [-0.05, 0) is 30.8 Å². The predicted molar refractivity (Wildman–Crippen MR) is 82.8 cm³/mol. The van der Waals surface area contributed by atoms with E-state index in [4.69, 9.17) is 17.0 Å². The number of thiocarbonyl (C=S) groups is 1. The lowest BCUT2D eigenvalue weighted by Gasteiger charge is -2.11. The van der Waals surface area contributed by atoms with Crippen molar-refractivity contribution in [3.05, 3.63) is 33.9 Å². The van der Waals surface area contributed by atoms with E-state index in [0.29, 0.717) is 17.2 Å². The summed E-state index contributed by atoms with van der Waals surface area (Å²) in [5.74, 6) is -0.635. The summed E-state index contributed by atoms with van der Waals surface area (Å²) in [5.41, 5.74) is 2.55. The molecule has 1 atom stereocenters. The molecule has 118 valence electrons. The highest BCUT2D eigenvalue weighted by atomic mass is 32.1. The molecule has 1 aliphatic rings. The molecule has 9 heteroatoms. The van der Waals surface area contributed by atoms with Gasteiger partial charge in [0.1, 0.15) is 0 Å². The fraction of sp³-hybridized carbons (Fsp3) is 0.385. The third kappa shape index (κ3) is 4.64. The number of benzene rings is 1. The van der Waals surface area contributed by atoms with Crippen LogP contribution in [0, 0.1) is 10.1 Å². The quantitative estimate of drug-likeness (QED) is 0.354. The first kappa shape index (κ1) is 16.1. The van der Waals surface area contributed by atoms with E-state index in [9.17, 15) is 15.2 Å². The second-order valence-electron chi connectivity index (χ2n) is 4.70. The maximum Gasteiger partial charge on any atom is 0.262 e. The second kappa shape index (κ2) is 7.66. The Morgan fingerprint density at radius 2 is 2.41 bits per heavy atom. The first-order chi connectivity index (χ1) is 10.6. The molecule has 0 aliphatic carbocycles. The minimum atomic E-state index is -0.721. The van der Waals surface area contributed by atoms with Crippen LogP contribution >= 0.6 is 12.2 Å². The Morgan fingerprint density at radius 3 is 3.09 bits per heavy atom. The van der Waals surface area contributed by atoms with Crippen LogP contribution in [0.15, 0.2) is 23.3 Å². The normalized spacial score (nSPS) is 17.5. The number of nitrogens with one attached hydrogen (secondary N) is 2. The molecule has 0 spiro atoms. The summed E-state index contributed by atoms with van der Waals surface area (Å²) in [6.07, 6.45) is 3.58. The lowest BCUT2D eigenvalue weighted by Crippen LogP contribution is -2.37. The van der Waals surface area contributed by atoms with Crippen molar-refractivity contribution in [1.29, 1.82) is 0 Å². The molecule has 1 aromatic carbocycles. The molecule has 1 fully saturated rings. The van der Waals surface area contributed by atoms with Gasteiger partial charge < -0.3 is 15.2 Å². The van der Waals surface area contributed by atoms with Crippen molar-refractivity contribution in [3.63, 3.8) is 0 Å². The molecule has 0 amide bonds. The van der Waals surface area contributed by atoms with E-state index in [1.54, 1.807) is 0 Å². The standard InChI is InChI=1S/C13H16N4O4S/c18-12-4-3-9(6-11(12)17(19)20)7-15-16-13(22)14-8-10-2-1-5-21-10/h3-4,6-7,10,18H,1-2,5,8H2,(H2,14,16,22)/p-1/b15-7-/t10-/m1/s1. The molecule has 1 heterocycles. The molecule has 1 aliphatic heterocycles. The maximum atomic E-state index is 11.3. The van der Waals surface area contributed by atoms with Crippen LogP contribution in [0.5, 0.6) is 5.75 Å². The highest BCUT2D eigenvalue weighted by Gasteiger charge is 2.15. The Bertz CT molecular complexity index is 587. The third-order valence-electron chi connectivity index (χ3n) is 3.07. The van der Waals surface area contributed by atoms with E-state index in [0.717, 1.165) is 31.6 Å². The first-order valence-corrected chi connectivity index (χ1v) is 7.11. The molecular weight excluding hydrogens is 308 g/mol. The van der Waals surface area contributed by atoms with Crippen molar-refractivity contribution in [2.45, 2.75) is 18.9 Å². The monoisotopic (exact) mass is 323 g/mol. The Labute approximate surface area is 132 Å². The summed E-state index contributed by atoms with van der Waals surface area (Å²) >= 11 is 5.04. The number of nitro benzene ring substituents is 1. The molecule has 1 saturated heterocycles. The molecule has 2 rings (SSSR count). The highest BCUT2D eigenvalue weighted by molar-refractivity contribution is 7.80. The van der Waals surface area contributed by atoms with Crippen molar-refractivity contribution in [2.75, 3.05) is 13.2 Å². The van der Waals surface area contributed by atoms with Gasteiger partial charge in [-0.15, -0.1) is 0 Å². The van der Waals surface area contributed by atoms with E-state index in [1.807, 2.05) is 0 Å². The molecule has 8 nitrogen and oxygen atoms in total. The lowest BCUT2D eigenvalue weighted by atomic mass is 10.2. The zero-order chi connectivity index (χ0) is 15.9. The van der Waals surface area contributed by atoms with Crippen LogP contribution in [0.1, 0.15) is 18.4 Å². The van der Waals surface area contributed by atoms with Gasteiger partial charge in [0, 0.05) is 24.8 Å². The maximum absolute atomic E-state index is 11.3. The fourth-order valence-electron chi connectivity index (χ4n) is 1.97. The van der Waals surface area contributed by atoms with Gasteiger partial charge in [0.15, 0.2) is 5.11 Å². The molecule has 0 radical (unpaired) electrons. The average Bonchev–Trinajstić information content (AvgIpc) is 3.00. The van der Waals surface area contributed by atoms with Gasteiger partial charge in [0.25, 0.3) is 5.69 Å². The number of ether oxygens (including phenoxy) is 1. The van der Waals surface area contributed by atoms with Crippen LogP contribution in [0.3, 0.4) is 0 Å². The second-order valence-corrected chi connectivity index (χ2v) is 5.11. The Hall–Kier alpha value is -2.26. The van der Waals surface area contributed by atoms with Crippen LogP contribution in [-0.2, 0) is 4.74 Å². The molecule has 1 aromatic rings. The molecule has 0 bridgehead atoms. The van der Waals surface area contributed by atoms with Gasteiger partial charge in [0.05, 0.1) is 17.2 Å². The average molecular weight is 323 g/mol. The summed E-state index contributed by atoms with van der Waals surface area (Å²) in [4.78, 5) is 9.95. The largest absolute Gasteiger partial charge is 0.868 e. The van der Waals surface area contributed by atoms with E-state index in [1.165, 1.54) is 12.3 Å².